The second-order valence-electron chi connectivity index (χ2n) is 2.34. The molecule has 0 heterocycles. The highest BCUT2D eigenvalue weighted by molar-refractivity contribution is 5.75. The van der Waals surface area contributed by atoms with Gasteiger partial charge in [0.2, 0.25) is 0 Å². The average molecular weight is 126 g/mol. The fourth-order valence-corrected chi connectivity index (χ4v) is 0.518. The van der Waals surface area contributed by atoms with Gasteiger partial charge in [0.15, 0.2) is 0 Å². The Labute approximate surface area is 56.8 Å². The van der Waals surface area contributed by atoms with Crippen LogP contribution >= 0.6 is 0 Å². The molecular weight excluding hydrogens is 112 g/mol. The maximum Gasteiger partial charge on any atom is 0.130 e. The third kappa shape index (κ3) is 5.28. The summed E-state index contributed by atoms with van der Waals surface area (Å²) in [6, 6.07) is 0. The first kappa shape index (κ1) is 8.41. The molecule has 0 rings (SSSR count). The Bertz CT molecular complexity index is 123. The zero-order valence-corrected chi connectivity index (χ0v) is 6.40. The molecule has 9 heavy (non-hydrogen) atoms. The predicted octanol–water partition coefficient (Wildman–Crippen LogP) is 2.32. The van der Waals surface area contributed by atoms with E-state index >= 15 is 0 Å². The molecule has 0 aromatic rings. The van der Waals surface area contributed by atoms with Crippen molar-refractivity contribution in [3.05, 3.63) is 11.6 Å². The normalized spacial score (nSPS) is 11.7. The zero-order chi connectivity index (χ0) is 7.28. The molecule has 0 atom stereocenters. The summed E-state index contributed by atoms with van der Waals surface area (Å²) in [6.07, 6.45) is 3.66. The molecule has 1 heteroatoms. The largest absolute Gasteiger partial charge is 0.300 e. The molecule has 0 aliphatic carbocycles. The summed E-state index contributed by atoms with van der Waals surface area (Å²) in [5, 5.41) is 0. The SMILES string of the molecule is CC=C(C)CCC(C)=O. The molecule has 0 spiro atoms. The lowest BCUT2D eigenvalue weighted by molar-refractivity contribution is -0.116. The molecule has 1 nitrogen and oxygen atoms in total. The van der Waals surface area contributed by atoms with E-state index in [1.807, 2.05) is 19.9 Å². The van der Waals surface area contributed by atoms with Crippen LogP contribution < -0.4 is 0 Å². The second kappa shape index (κ2) is 4.30. The van der Waals surface area contributed by atoms with Gasteiger partial charge in [0.05, 0.1) is 0 Å². The van der Waals surface area contributed by atoms with Gasteiger partial charge in [0, 0.05) is 6.42 Å². The van der Waals surface area contributed by atoms with Gasteiger partial charge in [-0.1, -0.05) is 11.6 Å². The molecule has 52 valence electrons. The van der Waals surface area contributed by atoms with Crippen molar-refractivity contribution in [2.45, 2.75) is 33.6 Å². The molecule has 0 N–H and O–H groups in total. The van der Waals surface area contributed by atoms with Crippen LogP contribution in [0.2, 0.25) is 0 Å². The van der Waals surface area contributed by atoms with Crippen molar-refractivity contribution >= 4 is 5.78 Å². The van der Waals surface area contributed by atoms with Gasteiger partial charge in [0.25, 0.3) is 0 Å². The Balaban J connectivity index is 3.39. The van der Waals surface area contributed by atoms with Crippen molar-refractivity contribution in [3.63, 3.8) is 0 Å². The highest BCUT2D eigenvalue weighted by Crippen LogP contribution is 2.02. The standard InChI is InChI=1S/C8H14O/c1-4-7(2)5-6-8(3)9/h4H,5-6H2,1-3H3. The van der Waals surface area contributed by atoms with Crippen LogP contribution in [0, 0.1) is 0 Å². The number of hydrogen-bond donors (Lipinski definition) is 0. The summed E-state index contributed by atoms with van der Waals surface area (Å²) < 4.78 is 0. The third-order valence-corrected chi connectivity index (χ3v) is 1.36. The van der Waals surface area contributed by atoms with Gasteiger partial charge in [-0.15, -0.1) is 0 Å². The Morgan fingerprint density at radius 3 is 2.22 bits per heavy atom. The van der Waals surface area contributed by atoms with E-state index in [1.54, 1.807) is 6.92 Å². The molecule has 0 amide bonds. The smallest absolute Gasteiger partial charge is 0.130 e. The van der Waals surface area contributed by atoms with Gasteiger partial charge >= 0.3 is 0 Å². The molecule has 0 bridgehead atoms. The number of carbonyl (C=O) groups excluding carboxylic acids is 1. The van der Waals surface area contributed by atoms with Gasteiger partial charge in [-0.05, 0) is 27.2 Å². The van der Waals surface area contributed by atoms with Crippen molar-refractivity contribution in [1.29, 1.82) is 0 Å². The van der Waals surface area contributed by atoms with E-state index in [0.717, 1.165) is 6.42 Å². The number of hydrogen-bond acceptors (Lipinski definition) is 1. The van der Waals surface area contributed by atoms with E-state index in [4.69, 9.17) is 0 Å². The molecule has 0 aliphatic heterocycles. The van der Waals surface area contributed by atoms with E-state index in [1.165, 1.54) is 5.57 Å². The van der Waals surface area contributed by atoms with E-state index in [-0.39, 0.29) is 5.78 Å². The second-order valence-corrected chi connectivity index (χ2v) is 2.34. The number of Topliss-reactive ketones (excluding diaryl/α,β-unsaturated/α-hetero) is 1. The molecule has 0 unspecified atom stereocenters. The summed E-state index contributed by atoms with van der Waals surface area (Å²) >= 11 is 0. The first-order chi connectivity index (χ1) is 4.16. The maximum absolute atomic E-state index is 10.4. The van der Waals surface area contributed by atoms with Gasteiger partial charge < -0.3 is 4.79 Å². The van der Waals surface area contributed by atoms with Crippen molar-refractivity contribution in [2.75, 3.05) is 0 Å². The lowest BCUT2D eigenvalue weighted by Gasteiger charge is -1.94. The topological polar surface area (TPSA) is 17.1 Å². The predicted molar refractivity (Wildman–Crippen MR) is 39.3 cm³/mol. The van der Waals surface area contributed by atoms with Gasteiger partial charge in [0.1, 0.15) is 5.78 Å². The fraction of sp³-hybridized carbons (Fsp3) is 0.625. The Kier molecular flexibility index (Phi) is 4.02. The first-order valence-electron chi connectivity index (χ1n) is 3.28. The fourth-order valence-electron chi connectivity index (χ4n) is 0.518. The molecule has 0 radical (unpaired) electrons. The van der Waals surface area contributed by atoms with E-state index in [0.29, 0.717) is 6.42 Å². The highest BCUT2D eigenvalue weighted by Gasteiger charge is 1.92. The van der Waals surface area contributed by atoms with Crippen LogP contribution in [0.15, 0.2) is 11.6 Å². The lowest BCUT2D eigenvalue weighted by atomic mass is 10.1. The molecular formula is C8H14O. The third-order valence-electron chi connectivity index (χ3n) is 1.36. The minimum absolute atomic E-state index is 0.274. The highest BCUT2D eigenvalue weighted by atomic mass is 16.1. The maximum atomic E-state index is 10.4. The molecule has 0 aromatic carbocycles. The van der Waals surface area contributed by atoms with Gasteiger partial charge in [-0.2, -0.15) is 0 Å². The molecule has 0 aliphatic rings. The van der Waals surface area contributed by atoms with Gasteiger partial charge in [-0.3, -0.25) is 0 Å². The number of ketones is 1. The summed E-state index contributed by atoms with van der Waals surface area (Å²) in [4.78, 5) is 10.4. The first-order valence-corrected chi connectivity index (χ1v) is 3.28. The molecule has 0 aromatic heterocycles. The Hall–Kier alpha value is -0.590. The molecule has 0 fully saturated rings. The van der Waals surface area contributed by atoms with E-state index in [9.17, 15) is 4.79 Å². The minimum Gasteiger partial charge on any atom is -0.300 e. The summed E-state index contributed by atoms with van der Waals surface area (Å²) in [7, 11) is 0. The Morgan fingerprint density at radius 2 is 1.89 bits per heavy atom. The average Bonchev–Trinajstić information content (AvgIpc) is 1.83. The molecule has 0 saturated carbocycles. The van der Waals surface area contributed by atoms with Crippen LogP contribution in [0.25, 0.3) is 0 Å². The van der Waals surface area contributed by atoms with Crippen molar-refractivity contribution < 1.29 is 4.79 Å². The van der Waals surface area contributed by atoms with E-state index < -0.39 is 0 Å². The number of carbonyl (C=O) groups is 1. The minimum atomic E-state index is 0.274. The van der Waals surface area contributed by atoms with E-state index in [2.05, 4.69) is 0 Å². The van der Waals surface area contributed by atoms with Crippen LogP contribution in [0.3, 0.4) is 0 Å². The van der Waals surface area contributed by atoms with Crippen LogP contribution in [-0.4, -0.2) is 5.78 Å². The van der Waals surface area contributed by atoms with Crippen LogP contribution in [0.5, 0.6) is 0 Å². The number of allylic oxidation sites excluding steroid dienone is 2. The lowest BCUT2D eigenvalue weighted by Crippen LogP contribution is -1.89. The van der Waals surface area contributed by atoms with Crippen LogP contribution in [0.1, 0.15) is 33.6 Å². The number of rotatable bonds is 3. The van der Waals surface area contributed by atoms with Crippen molar-refractivity contribution in [2.24, 2.45) is 0 Å². The quantitative estimate of drug-likeness (QED) is 0.530. The van der Waals surface area contributed by atoms with Crippen molar-refractivity contribution in [1.82, 2.24) is 0 Å². The van der Waals surface area contributed by atoms with Gasteiger partial charge in [-0.25, -0.2) is 0 Å². The summed E-state index contributed by atoms with van der Waals surface area (Å²) in [5.74, 6) is 0.274. The monoisotopic (exact) mass is 126 g/mol. The van der Waals surface area contributed by atoms with Crippen molar-refractivity contribution in [3.8, 4) is 0 Å². The zero-order valence-electron chi connectivity index (χ0n) is 6.40. The Morgan fingerprint density at radius 1 is 1.33 bits per heavy atom. The summed E-state index contributed by atoms with van der Waals surface area (Å²) in [5.41, 5.74) is 1.30. The van der Waals surface area contributed by atoms with Crippen LogP contribution in [0.4, 0.5) is 0 Å². The van der Waals surface area contributed by atoms with Crippen LogP contribution in [-0.2, 0) is 4.79 Å². The summed E-state index contributed by atoms with van der Waals surface area (Å²) in [6.45, 7) is 5.67. The molecule has 0 saturated heterocycles.